The predicted molar refractivity (Wildman–Crippen MR) is 105 cm³/mol. The Balaban J connectivity index is 1.45. The number of piperazine rings is 1. The molecule has 1 atom stereocenters. The number of hydrogen-bond acceptors (Lipinski definition) is 3. The van der Waals surface area contributed by atoms with Gasteiger partial charge in [-0.1, -0.05) is 43.2 Å². The van der Waals surface area contributed by atoms with Crippen LogP contribution in [-0.4, -0.2) is 48.9 Å². The molecule has 1 aromatic heterocycles. The lowest BCUT2D eigenvalue weighted by Crippen LogP contribution is -3.16. The maximum Gasteiger partial charge on any atom is 0.289 e. The van der Waals surface area contributed by atoms with Gasteiger partial charge in [0.05, 0.1) is 32.4 Å². The molecule has 148 valence electrons. The topological polar surface area (TPSA) is 67.0 Å². The van der Waals surface area contributed by atoms with E-state index in [0.717, 1.165) is 31.5 Å². The van der Waals surface area contributed by atoms with Crippen LogP contribution >= 0.6 is 0 Å². The van der Waals surface area contributed by atoms with Crippen molar-refractivity contribution in [1.29, 1.82) is 0 Å². The summed E-state index contributed by atoms with van der Waals surface area (Å²) in [4.78, 5) is 28.7. The SMILES string of the molecule is O=C(NC1CCCC1)C(c1ccccc1)[NH+]1CCN(C(=O)c2ccco2)CC1. The van der Waals surface area contributed by atoms with Crippen LogP contribution in [0.15, 0.2) is 53.1 Å². The van der Waals surface area contributed by atoms with E-state index in [0.29, 0.717) is 24.9 Å². The number of amides is 2. The van der Waals surface area contributed by atoms with Crippen LogP contribution in [0.1, 0.15) is 47.8 Å². The summed E-state index contributed by atoms with van der Waals surface area (Å²) in [6.07, 6.45) is 6.07. The van der Waals surface area contributed by atoms with Gasteiger partial charge in [0.15, 0.2) is 11.8 Å². The normalized spacial score (nSPS) is 19.5. The molecule has 1 aromatic carbocycles. The zero-order valence-electron chi connectivity index (χ0n) is 16.1. The summed E-state index contributed by atoms with van der Waals surface area (Å²) in [6, 6.07) is 13.5. The van der Waals surface area contributed by atoms with Crippen molar-refractivity contribution in [1.82, 2.24) is 10.2 Å². The van der Waals surface area contributed by atoms with E-state index in [1.54, 1.807) is 12.1 Å². The summed E-state index contributed by atoms with van der Waals surface area (Å²) < 4.78 is 5.24. The standard InChI is InChI=1S/C22H27N3O3/c26-21(23-18-9-4-5-10-18)20(17-7-2-1-3-8-17)24-12-14-25(15-13-24)22(27)19-11-6-16-28-19/h1-3,6-8,11,16,18,20H,4-5,9-10,12-15H2,(H,23,26)/p+1. The highest BCUT2D eigenvalue weighted by atomic mass is 16.3. The van der Waals surface area contributed by atoms with Gasteiger partial charge in [0.2, 0.25) is 0 Å². The summed E-state index contributed by atoms with van der Waals surface area (Å²) in [7, 11) is 0. The average molecular weight is 382 g/mol. The largest absolute Gasteiger partial charge is 0.459 e. The van der Waals surface area contributed by atoms with Gasteiger partial charge in [0.25, 0.3) is 11.8 Å². The van der Waals surface area contributed by atoms with Crippen LogP contribution in [0.25, 0.3) is 0 Å². The second-order valence-electron chi connectivity index (χ2n) is 7.76. The second-order valence-corrected chi connectivity index (χ2v) is 7.76. The lowest BCUT2D eigenvalue weighted by atomic mass is 10.0. The Morgan fingerprint density at radius 3 is 2.39 bits per heavy atom. The number of nitrogens with zero attached hydrogens (tertiary/aromatic N) is 1. The van der Waals surface area contributed by atoms with E-state index in [9.17, 15) is 9.59 Å². The predicted octanol–water partition coefficient (Wildman–Crippen LogP) is 1.42. The van der Waals surface area contributed by atoms with Gasteiger partial charge in [0.1, 0.15) is 0 Å². The van der Waals surface area contributed by atoms with E-state index < -0.39 is 0 Å². The van der Waals surface area contributed by atoms with Gasteiger partial charge in [0, 0.05) is 11.6 Å². The van der Waals surface area contributed by atoms with E-state index in [2.05, 4.69) is 5.32 Å². The molecule has 4 rings (SSSR count). The molecule has 2 fully saturated rings. The quantitative estimate of drug-likeness (QED) is 0.822. The van der Waals surface area contributed by atoms with Gasteiger partial charge in [-0.25, -0.2) is 0 Å². The van der Waals surface area contributed by atoms with Crippen molar-refractivity contribution < 1.29 is 18.9 Å². The molecule has 2 amide bonds. The van der Waals surface area contributed by atoms with Crippen LogP contribution < -0.4 is 10.2 Å². The lowest BCUT2D eigenvalue weighted by Gasteiger charge is -2.36. The Morgan fingerprint density at radius 1 is 1.04 bits per heavy atom. The molecule has 1 unspecified atom stereocenters. The summed E-state index contributed by atoms with van der Waals surface area (Å²) in [5.74, 6) is 0.414. The lowest BCUT2D eigenvalue weighted by molar-refractivity contribution is -0.925. The Morgan fingerprint density at radius 2 is 1.75 bits per heavy atom. The highest BCUT2D eigenvalue weighted by Crippen LogP contribution is 2.19. The van der Waals surface area contributed by atoms with Gasteiger partial charge in [-0.05, 0) is 25.0 Å². The number of carbonyl (C=O) groups excluding carboxylic acids is 2. The van der Waals surface area contributed by atoms with Crippen LogP contribution in [-0.2, 0) is 4.79 Å². The molecule has 0 spiro atoms. The van der Waals surface area contributed by atoms with E-state index in [-0.39, 0.29) is 17.9 Å². The molecule has 6 heteroatoms. The van der Waals surface area contributed by atoms with Crippen LogP contribution in [0.5, 0.6) is 0 Å². The molecule has 0 bridgehead atoms. The zero-order chi connectivity index (χ0) is 19.3. The highest BCUT2D eigenvalue weighted by Gasteiger charge is 2.36. The minimum atomic E-state index is -0.234. The van der Waals surface area contributed by atoms with Gasteiger partial charge < -0.3 is 19.5 Å². The Hall–Kier alpha value is -2.60. The Kier molecular flexibility index (Phi) is 5.76. The molecule has 1 aliphatic carbocycles. The number of carbonyl (C=O) groups is 2. The first-order chi connectivity index (χ1) is 13.7. The van der Waals surface area contributed by atoms with Crippen molar-refractivity contribution in [2.45, 2.75) is 37.8 Å². The van der Waals surface area contributed by atoms with Crippen molar-refractivity contribution in [3.05, 3.63) is 60.1 Å². The second kappa shape index (κ2) is 8.61. The third-order valence-corrected chi connectivity index (χ3v) is 5.93. The third kappa shape index (κ3) is 4.12. The molecule has 2 aromatic rings. The highest BCUT2D eigenvalue weighted by molar-refractivity contribution is 5.91. The number of furan rings is 1. The smallest absolute Gasteiger partial charge is 0.289 e. The van der Waals surface area contributed by atoms with Crippen LogP contribution in [0.4, 0.5) is 0 Å². The Labute approximate surface area is 165 Å². The minimum absolute atomic E-state index is 0.0734. The molecule has 1 aliphatic heterocycles. The van der Waals surface area contributed by atoms with Crippen LogP contribution in [0.2, 0.25) is 0 Å². The first-order valence-corrected chi connectivity index (χ1v) is 10.2. The molecule has 28 heavy (non-hydrogen) atoms. The number of rotatable bonds is 5. The number of hydrogen-bond donors (Lipinski definition) is 2. The molecule has 0 radical (unpaired) electrons. The summed E-state index contributed by atoms with van der Waals surface area (Å²) >= 11 is 0. The van der Waals surface area contributed by atoms with E-state index in [1.165, 1.54) is 24.0 Å². The minimum Gasteiger partial charge on any atom is -0.459 e. The number of benzene rings is 1. The summed E-state index contributed by atoms with van der Waals surface area (Å²) in [6.45, 7) is 2.72. The molecule has 2 heterocycles. The maximum atomic E-state index is 13.2. The number of quaternary nitrogens is 1. The monoisotopic (exact) mass is 382 g/mol. The molecular weight excluding hydrogens is 354 g/mol. The third-order valence-electron chi connectivity index (χ3n) is 5.93. The molecule has 2 aliphatic rings. The first-order valence-electron chi connectivity index (χ1n) is 10.2. The van der Waals surface area contributed by atoms with Crippen molar-refractivity contribution in [2.75, 3.05) is 26.2 Å². The van der Waals surface area contributed by atoms with E-state index >= 15 is 0 Å². The zero-order valence-corrected chi connectivity index (χ0v) is 16.1. The molecule has 6 nitrogen and oxygen atoms in total. The fourth-order valence-electron chi connectivity index (χ4n) is 4.41. The fraction of sp³-hybridized carbons (Fsp3) is 0.455. The van der Waals surface area contributed by atoms with Gasteiger partial charge in [-0.15, -0.1) is 0 Å². The van der Waals surface area contributed by atoms with Crippen molar-refractivity contribution in [3.63, 3.8) is 0 Å². The summed E-state index contributed by atoms with van der Waals surface area (Å²) in [5.41, 5.74) is 1.04. The van der Waals surface area contributed by atoms with Crippen LogP contribution in [0, 0.1) is 0 Å². The van der Waals surface area contributed by atoms with Crippen molar-refractivity contribution in [3.8, 4) is 0 Å². The molecule has 1 saturated carbocycles. The number of nitrogens with one attached hydrogen (secondary N) is 2. The van der Waals surface area contributed by atoms with Crippen molar-refractivity contribution >= 4 is 11.8 Å². The first kappa shape index (κ1) is 18.7. The van der Waals surface area contributed by atoms with Crippen molar-refractivity contribution in [2.24, 2.45) is 0 Å². The Bertz CT molecular complexity index is 777. The maximum absolute atomic E-state index is 13.2. The summed E-state index contributed by atoms with van der Waals surface area (Å²) in [5, 5.41) is 3.28. The van der Waals surface area contributed by atoms with Gasteiger partial charge >= 0.3 is 0 Å². The molecular formula is C22H28N3O3+. The molecule has 2 N–H and O–H groups in total. The van der Waals surface area contributed by atoms with E-state index in [1.807, 2.05) is 35.2 Å². The van der Waals surface area contributed by atoms with Gasteiger partial charge in [-0.2, -0.15) is 0 Å². The van der Waals surface area contributed by atoms with Gasteiger partial charge in [-0.3, -0.25) is 9.59 Å². The van der Waals surface area contributed by atoms with E-state index in [4.69, 9.17) is 4.42 Å². The average Bonchev–Trinajstić information content (AvgIpc) is 3.43. The fourth-order valence-corrected chi connectivity index (χ4v) is 4.41. The molecule has 1 saturated heterocycles. The van der Waals surface area contributed by atoms with Crippen LogP contribution in [0.3, 0.4) is 0 Å².